The van der Waals surface area contributed by atoms with Crippen molar-refractivity contribution in [2.45, 2.75) is 58.4 Å². The smallest absolute Gasteiger partial charge is 0.0697 e. The Morgan fingerprint density at radius 1 is 1.33 bits per heavy atom. The minimum atomic E-state index is 0.0605. The van der Waals surface area contributed by atoms with Crippen LogP contribution in [0.5, 0.6) is 0 Å². The van der Waals surface area contributed by atoms with Crippen LogP contribution in [0.25, 0.3) is 0 Å². The van der Waals surface area contributed by atoms with E-state index in [2.05, 4.69) is 47.5 Å². The number of aromatic nitrogens is 2. The fraction of sp³-hybridized carbons (Fsp3) is 0.842. The van der Waals surface area contributed by atoms with Gasteiger partial charge in [0.15, 0.2) is 0 Å². The zero-order chi connectivity index (χ0) is 17.6. The first kappa shape index (κ1) is 19.4. The molecule has 138 valence electrons. The van der Waals surface area contributed by atoms with Gasteiger partial charge in [-0.05, 0) is 57.5 Å². The Bertz CT molecular complexity index is 477. The second-order valence-corrected chi connectivity index (χ2v) is 8.38. The Labute approximate surface area is 147 Å². The second kappa shape index (κ2) is 8.97. The van der Waals surface area contributed by atoms with E-state index >= 15 is 0 Å². The van der Waals surface area contributed by atoms with Crippen LogP contribution in [0.2, 0.25) is 0 Å². The Kier molecular flexibility index (Phi) is 7.26. The molecule has 1 aromatic rings. The van der Waals surface area contributed by atoms with Crippen LogP contribution in [0, 0.1) is 11.3 Å². The molecule has 2 rings (SSSR count). The van der Waals surface area contributed by atoms with Crippen LogP contribution in [0.15, 0.2) is 6.20 Å². The van der Waals surface area contributed by atoms with E-state index < -0.39 is 0 Å². The average molecular weight is 337 g/mol. The molecule has 1 heterocycles. The lowest BCUT2D eigenvalue weighted by Crippen LogP contribution is -2.27. The molecule has 1 fully saturated rings. The molecule has 0 aliphatic heterocycles. The number of nitrogens with zero attached hydrogens (tertiary/aromatic N) is 2. The normalized spacial score (nSPS) is 22.2. The molecule has 3 N–H and O–H groups in total. The molecule has 0 aromatic carbocycles. The van der Waals surface area contributed by atoms with Crippen molar-refractivity contribution < 1.29 is 5.11 Å². The molecule has 0 unspecified atom stereocenters. The monoisotopic (exact) mass is 336 g/mol. The van der Waals surface area contributed by atoms with Crippen molar-refractivity contribution in [2.24, 2.45) is 11.3 Å². The quantitative estimate of drug-likeness (QED) is 0.649. The third kappa shape index (κ3) is 5.57. The summed E-state index contributed by atoms with van der Waals surface area (Å²) in [5.74, 6) is 1.35. The van der Waals surface area contributed by atoms with Crippen molar-refractivity contribution in [3.8, 4) is 0 Å². The van der Waals surface area contributed by atoms with Gasteiger partial charge < -0.3 is 15.3 Å². The Balaban J connectivity index is 1.87. The lowest BCUT2D eigenvalue weighted by molar-refractivity contribution is 0.116. The molecule has 0 bridgehead atoms. The minimum Gasteiger partial charge on any atom is -0.396 e. The summed E-state index contributed by atoms with van der Waals surface area (Å²) in [4.78, 5) is 2.35. The number of nitrogens with one attached hydrogen (secondary N) is 2. The van der Waals surface area contributed by atoms with Crippen LogP contribution in [0.1, 0.15) is 63.1 Å². The highest BCUT2D eigenvalue weighted by Crippen LogP contribution is 2.40. The van der Waals surface area contributed by atoms with Crippen molar-refractivity contribution in [3.63, 3.8) is 0 Å². The topological polar surface area (TPSA) is 64.2 Å². The second-order valence-electron chi connectivity index (χ2n) is 8.38. The molecule has 24 heavy (non-hydrogen) atoms. The molecule has 1 saturated carbocycles. The third-order valence-electron chi connectivity index (χ3n) is 5.44. The van der Waals surface area contributed by atoms with Crippen LogP contribution in [-0.4, -0.2) is 54.0 Å². The fourth-order valence-corrected chi connectivity index (χ4v) is 3.96. The zero-order valence-corrected chi connectivity index (χ0v) is 15.9. The van der Waals surface area contributed by atoms with E-state index in [4.69, 9.17) is 0 Å². The summed E-state index contributed by atoms with van der Waals surface area (Å²) in [7, 11) is 4.16. The van der Waals surface area contributed by atoms with Crippen molar-refractivity contribution in [1.82, 2.24) is 20.4 Å². The molecule has 1 aromatic heterocycles. The molecular formula is C19H36N4O. The number of hydrogen-bond donors (Lipinski definition) is 3. The SMILES string of the molecule is CNCCN(C)Cc1c[nH]nc1C1CCC(CC(C)(C)CO)CC1. The predicted molar refractivity (Wildman–Crippen MR) is 99.0 cm³/mol. The fourth-order valence-electron chi connectivity index (χ4n) is 3.96. The van der Waals surface area contributed by atoms with Gasteiger partial charge >= 0.3 is 0 Å². The minimum absolute atomic E-state index is 0.0605. The molecule has 0 radical (unpaired) electrons. The van der Waals surface area contributed by atoms with E-state index in [9.17, 15) is 5.11 Å². The van der Waals surface area contributed by atoms with E-state index in [-0.39, 0.29) is 12.0 Å². The van der Waals surface area contributed by atoms with Crippen LogP contribution in [0.4, 0.5) is 0 Å². The number of hydrogen-bond acceptors (Lipinski definition) is 4. The van der Waals surface area contributed by atoms with E-state index in [1.807, 2.05) is 7.05 Å². The first-order valence-corrected chi connectivity index (χ1v) is 9.41. The molecule has 5 heteroatoms. The van der Waals surface area contributed by atoms with Gasteiger partial charge in [0.2, 0.25) is 0 Å². The van der Waals surface area contributed by atoms with Gasteiger partial charge in [0.05, 0.1) is 5.69 Å². The number of H-pyrrole nitrogens is 1. The summed E-state index contributed by atoms with van der Waals surface area (Å²) in [6.45, 7) is 7.65. The number of rotatable bonds is 9. The maximum atomic E-state index is 9.49. The van der Waals surface area contributed by atoms with Gasteiger partial charge in [0.25, 0.3) is 0 Å². The number of aliphatic hydroxyl groups excluding tert-OH is 1. The highest BCUT2D eigenvalue weighted by atomic mass is 16.3. The first-order chi connectivity index (χ1) is 11.4. The first-order valence-electron chi connectivity index (χ1n) is 9.41. The number of likely N-dealkylation sites (N-methyl/N-ethyl adjacent to an activating group) is 2. The van der Waals surface area contributed by atoms with Gasteiger partial charge in [-0.15, -0.1) is 0 Å². The van der Waals surface area contributed by atoms with Crippen LogP contribution in [0.3, 0.4) is 0 Å². The summed E-state index contributed by atoms with van der Waals surface area (Å²) in [5.41, 5.74) is 2.70. The molecule has 0 spiro atoms. The van der Waals surface area contributed by atoms with Crippen molar-refractivity contribution >= 4 is 0 Å². The number of aromatic amines is 1. The van der Waals surface area contributed by atoms with Crippen molar-refractivity contribution in [2.75, 3.05) is 33.8 Å². The average Bonchev–Trinajstić information content (AvgIpc) is 3.01. The Morgan fingerprint density at radius 2 is 2.04 bits per heavy atom. The Hall–Kier alpha value is -0.910. The van der Waals surface area contributed by atoms with Crippen molar-refractivity contribution in [1.29, 1.82) is 0 Å². The lowest BCUT2D eigenvalue weighted by Gasteiger charge is -2.33. The van der Waals surface area contributed by atoms with Gasteiger partial charge in [-0.1, -0.05) is 13.8 Å². The van der Waals surface area contributed by atoms with Crippen molar-refractivity contribution in [3.05, 3.63) is 17.5 Å². The summed E-state index contributed by atoms with van der Waals surface area (Å²) < 4.78 is 0. The lowest BCUT2D eigenvalue weighted by atomic mass is 9.73. The molecule has 5 nitrogen and oxygen atoms in total. The maximum Gasteiger partial charge on any atom is 0.0697 e. The van der Waals surface area contributed by atoms with Crippen LogP contribution >= 0.6 is 0 Å². The highest BCUT2D eigenvalue weighted by molar-refractivity contribution is 5.21. The van der Waals surface area contributed by atoms with E-state index in [1.54, 1.807) is 0 Å². The van der Waals surface area contributed by atoms with Crippen LogP contribution in [-0.2, 0) is 6.54 Å². The molecule has 0 amide bonds. The van der Waals surface area contributed by atoms with Gasteiger partial charge in [-0.3, -0.25) is 5.10 Å². The van der Waals surface area contributed by atoms with Gasteiger partial charge in [-0.2, -0.15) is 5.10 Å². The highest BCUT2D eigenvalue weighted by Gasteiger charge is 2.29. The van der Waals surface area contributed by atoms with Gasteiger partial charge in [-0.25, -0.2) is 0 Å². The zero-order valence-electron chi connectivity index (χ0n) is 15.9. The van der Waals surface area contributed by atoms with E-state index in [0.717, 1.165) is 32.0 Å². The molecule has 1 aliphatic rings. The van der Waals surface area contributed by atoms with Crippen LogP contribution < -0.4 is 5.32 Å². The number of aliphatic hydroxyl groups is 1. The van der Waals surface area contributed by atoms with E-state index in [1.165, 1.54) is 36.9 Å². The standard InChI is InChI=1S/C19H36N4O/c1-19(2,14-24)11-15-5-7-16(8-6-15)18-17(12-21-22-18)13-23(4)10-9-20-3/h12,15-16,20,24H,5-11,13-14H2,1-4H3,(H,21,22). The molecule has 0 atom stereocenters. The summed E-state index contributed by atoms with van der Waals surface area (Å²) in [6.07, 6.45) is 8.18. The van der Waals surface area contributed by atoms with Gasteiger partial charge in [0, 0.05) is 43.9 Å². The maximum absolute atomic E-state index is 9.49. The summed E-state index contributed by atoms with van der Waals surface area (Å²) >= 11 is 0. The van der Waals surface area contributed by atoms with Gasteiger partial charge in [0.1, 0.15) is 0 Å². The Morgan fingerprint density at radius 3 is 2.67 bits per heavy atom. The molecule has 0 saturated heterocycles. The third-order valence-corrected chi connectivity index (χ3v) is 5.44. The van der Waals surface area contributed by atoms with E-state index in [0.29, 0.717) is 5.92 Å². The molecular weight excluding hydrogens is 300 g/mol. The summed E-state index contributed by atoms with van der Waals surface area (Å²) in [6, 6.07) is 0. The summed E-state index contributed by atoms with van der Waals surface area (Å²) in [5, 5.41) is 20.4. The predicted octanol–water partition coefficient (Wildman–Crippen LogP) is 2.74. The largest absolute Gasteiger partial charge is 0.396 e. The molecule has 1 aliphatic carbocycles.